The van der Waals surface area contributed by atoms with Crippen LogP contribution in [0.25, 0.3) is 0 Å². The van der Waals surface area contributed by atoms with Gasteiger partial charge in [0, 0.05) is 19.5 Å². The first-order valence-corrected chi connectivity index (χ1v) is 8.07. The van der Waals surface area contributed by atoms with Crippen molar-refractivity contribution in [2.75, 3.05) is 38.2 Å². The summed E-state index contributed by atoms with van der Waals surface area (Å²) in [5.41, 5.74) is 1.19. The maximum absolute atomic E-state index is 12.0. The van der Waals surface area contributed by atoms with Crippen LogP contribution in [-0.4, -0.2) is 53.9 Å². The van der Waals surface area contributed by atoms with Crippen molar-refractivity contribution >= 4 is 22.4 Å². The molecule has 1 aliphatic rings. The van der Waals surface area contributed by atoms with Crippen molar-refractivity contribution in [3.63, 3.8) is 0 Å². The molecule has 1 fully saturated rings. The molecule has 1 N–H and O–H groups in total. The van der Waals surface area contributed by atoms with Crippen LogP contribution in [0.2, 0.25) is 0 Å². The van der Waals surface area contributed by atoms with Crippen LogP contribution in [0.1, 0.15) is 10.6 Å². The third-order valence-corrected chi connectivity index (χ3v) is 4.22. The van der Waals surface area contributed by atoms with E-state index in [1.54, 1.807) is 0 Å². The van der Waals surface area contributed by atoms with Crippen LogP contribution in [0.15, 0.2) is 30.3 Å². The Morgan fingerprint density at radius 2 is 2.00 bits per heavy atom. The van der Waals surface area contributed by atoms with Gasteiger partial charge in [0.05, 0.1) is 19.8 Å². The van der Waals surface area contributed by atoms with E-state index in [-0.39, 0.29) is 5.91 Å². The summed E-state index contributed by atoms with van der Waals surface area (Å²) in [5.74, 6) is -0.0516. The molecule has 1 aromatic heterocycles. The van der Waals surface area contributed by atoms with Gasteiger partial charge in [0.1, 0.15) is 5.01 Å². The van der Waals surface area contributed by atoms with E-state index >= 15 is 0 Å². The van der Waals surface area contributed by atoms with E-state index in [4.69, 9.17) is 4.74 Å². The second-order valence-corrected chi connectivity index (χ2v) is 6.16. The van der Waals surface area contributed by atoms with Gasteiger partial charge in [0.25, 0.3) is 0 Å². The van der Waals surface area contributed by atoms with Gasteiger partial charge in [0.15, 0.2) is 0 Å². The number of rotatable bonds is 5. The number of hydrogen-bond acceptors (Lipinski definition) is 6. The van der Waals surface area contributed by atoms with Crippen molar-refractivity contribution in [1.29, 1.82) is 0 Å². The lowest BCUT2D eigenvalue weighted by Gasteiger charge is -2.25. The standard InChI is InChI=1S/C15H18N4O2S/c20-13(11-19-6-8-21-9-7-19)16-15-18-17-14(22-15)10-12-4-2-1-3-5-12/h1-5H,6-11H2,(H,16,18,20). The summed E-state index contributed by atoms with van der Waals surface area (Å²) in [7, 11) is 0. The zero-order chi connectivity index (χ0) is 15.2. The second kappa shape index (κ2) is 7.44. The van der Waals surface area contributed by atoms with Gasteiger partial charge in [0.2, 0.25) is 11.0 Å². The Morgan fingerprint density at radius 1 is 1.23 bits per heavy atom. The van der Waals surface area contributed by atoms with Crippen LogP contribution in [0.4, 0.5) is 5.13 Å². The normalized spacial score (nSPS) is 15.6. The van der Waals surface area contributed by atoms with E-state index in [0.29, 0.717) is 24.9 Å². The Bertz CT molecular complexity index is 611. The highest BCUT2D eigenvalue weighted by Gasteiger charge is 2.15. The molecule has 1 saturated heterocycles. The van der Waals surface area contributed by atoms with Gasteiger partial charge in [-0.05, 0) is 5.56 Å². The number of morpholine rings is 1. The molecule has 0 atom stereocenters. The lowest BCUT2D eigenvalue weighted by Crippen LogP contribution is -2.41. The van der Waals surface area contributed by atoms with Gasteiger partial charge in [-0.15, -0.1) is 10.2 Å². The van der Waals surface area contributed by atoms with Crippen molar-refractivity contribution in [2.45, 2.75) is 6.42 Å². The quantitative estimate of drug-likeness (QED) is 0.902. The molecule has 0 radical (unpaired) electrons. The van der Waals surface area contributed by atoms with Crippen molar-refractivity contribution in [3.8, 4) is 0 Å². The van der Waals surface area contributed by atoms with Crippen LogP contribution in [0.3, 0.4) is 0 Å². The molecule has 2 aromatic rings. The van der Waals surface area contributed by atoms with Crippen LogP contribution in [0, 0.1) is 0 Å². The average molecular weight is 318 g/mol. The number of aromatic nitrogens is 2. The van der Waals surface area contributed by atoms with Gasteiger partial charge >= 0.3 is 0 Å². The number of amides is 1. The fraction of sp³-hybridized carbons (Fsp3) is 0.400. The Labute approximate surface area is 133 Å². The van der Waals surface area contributed by atoms with Crippen LogP contribution >= 0.6 is 11.3 Å². The number of nitrogens with one attached hydrogen (secondary N) is 1. The highest BCUT2D eigenvalue weighted by Crippen LogP contribution is 2.18. The summed E-state index contributed by atoms with van der Waals surface area (Å²) in [5, 5.41) is 12.4. The third kappa shape index (κ3) is 4.33. The maximum Gasteiger partial charge on any atom is 0.240 e. The van der Waals surface area contributed by atoms with Gasteiger partial charge in [-0.2, -0.15) is 0 Å². The van der Waals surface area contributed by atoms with Gasteiger partial charge in [-0.25, -0.2) is 0 Å². The molecule has 0 bridgehead atoms. The van der Waals surface area contributed by atoms with E-state index in [2.05, 4.69) is 32.5 Å². The number of anilines is 1. The summed E-state index contributed by atoms with van der Waals surface area (Å²) in [6.07, 6.45) is 0.734. The van der Waals surface area contributed by atoms with Gasteiger partial charge in [-0.1, -0.05) is 41.7 Å². The second-order valence-electron chi connectivity index (χ2n) is 5.10. The lowest BCUT2D eigenvalue weighted by atomic mass is 10.2. The SMILES string of the molecule is O=C(CN1CCOCC1)Nc1nnc(Cc2ccccc2)s1. The summed E-state index contributed by atoms with van der Waals surface area (Å²) in [6.45, 7) is 3.34. The summed E-state index contributed by atoms with van der Waals surface area (Å²) in [6, 6.07) is 10.1. The molecule has 3 rings (SSSR count). The van der Waals surface area contributed by atoms with Crippen molar-refractivity contribution in [3.05, 3.63) is 40.9 Å². The minimum atomic E-state index is -0.0516. The fourth-order valence-electron chi connectivity index (χ4n) is 2.27. The Kier molecular flexibility index (Phi) is 5.10. The molecule has 1 amide bonds. The number of carbonyl (C=O) groups excluding carboxylic acids is 1. The van der Waals surface area contributed by atoms with Crippen LogP contribution < -0.4 is 5.32 Å². The topological polar surface area (TPSA) is 67.3 Å². The predicted octanol–water partition coefficient (Wildman–Crippen LogP) is 1.40. The molecule has 6 nitrogen and oxygen atoms in total. The fourth-order valence-corrected chi connectivity index (χ4v) is 3.06. The highest BCUT2D eigenvalue weighted by atomic mass is 32.1. The van der Waals surface area contributed by atoms with Crippen LogP contribution in [0.5, 0.6) is 0 Å². The molecule has 0 spiro atoms. The molecule has 0 unspecified atom stereocenters. The van der Waals surface area contributed by atoms with Crippen LogP contribution in [-0.2, 0) is 16.0 Å². The number of benzene rings is 1. The number of carbonyl (C=O) groups is 1. The first-order chi connectivity index (χ1) is 10.8. The van der Waals surface area contributed by atoms with Crippen molar-refractivity contribution in [2.24, 2.45) is 0 Å². The average Bonchev–Trinajstić information content (AvgIpc) is 2.96. The number of ether oxygens (including phenoxy) is 1. The number of nitrogens with zero attached hydrogens (tertiary/aromatic N) is 3. The smallest absolute Gasteiger partial charge is 0.240 e. The zero-order valence-corrected chi connectivity index (χ0v) is 13.0. The highest BCUT2D eigenvalue weighted by molar-refractivity contribution is 7.15. The first-order valence-electron chi connectivity index (χ1n) is 7.26. The van der Waals surface area contributed by atoms with Gasteiger partial charge in [-0.3, -0.25) is 15.0 Å². The predicted molar refractivity (Wildman–Crippen MR) is 85.0 cm³/mol. The summed E-state index contributed by atoms with van der Waals surface area (Å²) >= 11 is 1.42. The molecular formula is C15H18N4O2S. The molecule has 0 aliphatic carbocycles. The largest absolute Gasteiger partial charge is 0.379 e. The molecule has 7 heteroatoms. The van der Waals surface area contributed by atoms with Crippen molar-refractivity contribution in [1.82, 2.24) is 15.1 Å². The van der Waals surface area contributed by atoms with E-state index in [0.717, 1.165) is 24.5 Å². The van der Waals surface area contributed by atoms with E-state index < -0.39 is 0 Å². The Morgan fingerprint density at radius 3 is 2.77 bits per heavy atom. The third-order valence-electron chi connectivity index (χ3n) is 3.38. The Hall–Kier alpha value is -1.83. The number of hydrogen-bond donors (Lipinski definition) is 1. The summed E-state index contributed by atoms with van der Waals surface area (Å²) in [4.78, 5) is 14.1. The molecule has 0 saturated carbocycles. The summed E-state index contributed by atoms with van der Waals surface area (Å²) < 4.78 is 5.27. The first kappa shape index (κ1) is 15.1. The van der Waals surface area contributed by atoms with E-state index in [9.17, 15) is 4.79 Å². The Balaban J connectivity index is 1.51. The van der Waals surface area contributed by atoms with Gasteiger partial charge < -0.3 is 4.74 Å². The van der Waals surface area contributed by atoms with Crippen molar-refractivity contribution < 1.29 is 9.53 Å². The lowest BCUT2D eigenvalue weighted by molar-refractivity contribution is -0.118. The maximum atomic E-state index is 12.0. The minimum absolute atomic E-state index is 0.0516. The molecule has 1 aromatic carbocycles. The zero-order valence-electron chi connectivity index (χ0n) is 12.2. The minimum Gasteiger partial charge on any atom is -0.379 e. The monoisotopic (exact) mass is 318 g/mol. The molecule has 116 valence electrons. The molecule has 1 aliphatic heterocycles. The molecule has 22 heavy (non-hydrogen) atoms. The van der Waals surface area contributed by atoms with E-state index in [1.807, 2.05) is 18.2 Å². The van der Waals surface area contributed by atoms with E-state index in [1.165, 1.54) is 16.9 Å². The molecule has 2 heterocycles. The molecular weight excluding hydrogens is 300 g/mol.